The van der Waals surface area contributed by atoms with Crippen LogP contribution in [0.2, 0.25) is 0 Å². The van der Waals surface area contributed by atoms with Crippen LogP contribution in [0.1, 0.15) is 46.7 Å². The number of halogens is 1. The molecule has 4 unspecified atom stereocenters. The fourth-order valence-electron chi connectivity index (χ4n) is 5.04. The standard InChI is InChI=1S/C32H36O4P.ClH/c33-29(25-13-5-1-6-14-25)21-37(22-30(34)26-15-7-2-8-16-26,23-31(35)27-17-9-3-10-18-27)24-32(36)28-19-11-4-12-20-28;/h1-20,29-36H,21-24H2;1H/q+1;/p-1. The lowest BCUT2D eigenvalue weighted by molar-refractivity contribution is -0.0000153. The second kappa shape index (κ2) is 14.6. The van der Waals surface area contributed by atoms with Crippen LogP contribution < -0.4 is 12.4 Å². The van der Waals surface area contributed by atoms with Crippen LogP contribution in [0.25, 0.3) is 0 Å². The number of aliphatic hydroxyl groups is 4. The maximum atomic E-state index is 11.4. The predicted molar refractivity (Wildman–Crippen MR) is 152 cm³/mol. The number of hydrogen-bond donors (Lipinski definition) is 4. The maximum absolute atomic E-state index is 11.4. The van der Waals surface area contributed by atoms with Crippen molar-refractivity contribution >= 4 is 7.26 Å². The molecule has 0 aliphatic heterocycles. The molecular formula is C32H36ClO4P. The summed E-state index contributed by atoms with van der Waals surface area (Å²) in [6, 6.07) is 38.0. The van der Waals surface area contributed by atoms with Crippen molar-refractivity contribution in [2.75, 3.05) is 24.6 Å². The van der Waals surface area contributed by atoms with E-state index in [9.17, 15) is 20.4 Å². The molecule has 4 aromatic rings. The van der Waals surface area contributed by atoms with Crippen molar-refractivity contribution in [1.82, 2.24) is 0 Å². The van der Waals surface area contributed by atoms with Gasteiger partial charge in [0.25, 0.3) is 0 Å². The van der Waals surface area contributed by atoms with E-state index in [1.807, 2.05) is 121 Å². The average Bonchev–Trinajstić information content (AvgIpc) is 2.94. The molecule has 0 bridgehead atoms. The topological polar surface area (TPSA) is 80.9 Å². The van der Waals surface area contributed by atoms with Crippen molar-refractivity contribution in [2.24, 2.45) is 0 Å². The van der Waals surface area contributed by atoms with Crippen molar-refractivity contribution in [2.45, 2.75) is 24.4 Å². The molecule has 4 nitrogen and oxygen atoms in total. The highest BCUT2D eigenvalue weighted by Gasteiger charge is 2.46. The quantitative estimate of drug-likeness (QED) is 0.205. The minimum atomic E-state index is -2.38. The lowest BCUT2D eigenvalue weighted by Gasteiger charge is -2.34. The monoisotopic (exact) mass is 550 g/mol. The van der Waals surface area contributed by atoms with Gasteiger partial charge in [-0.2, -0.15) is 0 Å². The van der Waals surface area contributed by atoms with E-state index in [0.29, 0.717) is 24.6 Å². The molecule has 4 aromatic carbocycles. The Labute approximate surface area is 232 Å². The molecule has 4 N–H and O–H groups in total. The summed E-state index contributed by atoms with van der Waals surface area (Å²) in [4.78, 5) is 0. The Hall–Kier alpha value is -2.56. The van der Waals surface area contributed by atoms with Gasteiger partial charge in [-0.25, -0.2) is 0 Å². The smallest absolute Gasteiger partial charge is 0.112 e. The first-order chi connectivity index (χ1) is 18.0. The van der Waals surface area contributed by atoms with Gasteiger partial charge in [0.1, 0.15) is 24.4 Å². The van der Waals surface area contributed by atoms with Crippen molar-refractivity contribution in [3.8, 4) is 0 Å². The van der Waals surface area contributed by atoms with E-state index < -0.39 is 31.7 Å². The minimum Gasteiger partial charge on any atom is -1.00 e. The van der Waals surface area contributed by atoms with E-state index in [4.69, 9.17) is 0 Å². The highest BCUT2D eigenvalue weighted by atomic mass is 35.5. The van der Waals surface area contributed by atoms with Crippen LogP contribution in [0.15, 0.2) is 121 Å². The van der Waals surface area contributed by atoms with Gasteiger partial charge < -0.3 is 32.8 Å². The fourth-order valence-corrected chi connectivity index (χ4v) is 9.71. The van der Waals surface area contributed by atoms with Gasteiger partial charge in [-0.3, -0.25) is 0 Å². The average molecular weight is 551 g/mol. The first-order valence-electron chi connectivity index (χ1n) is 12.7. The third-order valence-corrected chi connectivity index (χ3v) is 11.5. The summed E-state index contributed by atoms with van der Waals surface area (Å²) in [5.41, 5.74) is 3.18. The summed E-state index contributed by atoms with van der Waals surface area (Å²) in [6.45, 7) is 0. The fraction of sp³-hybridized carbons (Fsp3) is 0.250. The zero-order chi connectivity index (χ0) is 26.1. The zero-order valence-corrected chi connectivity index (χ0v) is 22.9. The highest BCUT2D eigenvalue weighted by Crippen LogP contribution is 2.65. The number of hydrogen-bond acceptors (Lipinski definition) is 4. The third-order valence-electron chi connectivity index (χ3n) is 6.98. The predicted octanol–water partition coefficient (Wildman–Crippen LogP) is 2.94. The highest BCUT2D eigenvalue weighted by molar-refractivity contribution is 7.76. The summed E-state index contributed by atoms with van der Waals surface area (Å²) < 4.78 is 0. The zero-order valence-electron chi connectivity index (χ0n) is 21.3. The molecule has 0 spiro atoms. The second-order valence-electron chi connectivity index (χ2n) is 9.78. The van der Waals surface area contributed by atoms with Gasteiger partial charge in [0.05, 0.1) is 24.6 Å². The second-order valence-corrected chi connectivity index (χ2v) is 13.9. The van der Waals surface area contributed by atoms with Crippen LogP contribution in [0.3, 0.4) is 0 Å². The van der Waals surface area contributed by atoms with Crippen LogP contribution in [0, 0.1) is 0 Å². The molecule has 0 radical (unpaired) electrons. The molecule has 4 rings (SSSR count). The SMILES string of the molecule is OC(C[P+](CC(O)c1ccccc1)(CC(O)c1ccccc1)CC(O)c1ccccc1)c1ccccc1.[Cl-]. The lowest BCUT2D eigenvalue weighted by atomic mass is 10.1. The molecule has 0 amide bonds. The van der Waals surface area contributed by atoms with E-state index >= 15 is 0 Å². The van der Waals surface area contributed by atoms with E-state index in [0.717, 1.165) is 22.3 Å². The van der Waals surface area contributed by atoms with Crippen molar-refractivity contribution in [1.29, 1.82) is 0 Å². The minimum absolute atomic E-state index is 0. The summed E-state index contributed by atoms with van der Waals surface area (Å²) in [5.74, 6) is 0. The van der Waals surface area contributed by atoms with Crippen molar-refractivity contribution < 1.29 is 32.8 Å². The van der Waals surface area contributed by atoms with Gasteiger partial charge in [0, 0.05) is 7.26 Å². The Bertz CT molecular complexity index is 1000. The van der Waals surface area contributed by atoms with Gasteiger partial charge in [-0.15, -0.1) is 0 Å². The van der Waals surface area contributed by atoms with E-state index in [1.165, 1.54) is 0 Å². The van der Waals surface area contributed by atoms with E-state index in [-0.39, 0.29) is 12.4 Å². The molecule has 4 atom stereocenters. The Morgan fingerprint density at radius 3 is 0.737 bits per heavy atom. The molecule has 0 fully saturated rings. The summed E-state index contributed by atoms with van der Waals surface area (Å²) >= 11 is 0. The molecular weight excluding hydrogens is 515 g/mol. The molecule has 200 valence electrons. The van der Waals surface area contributed by atoms with Crippen LogP contribution in [-0.4, -0.2) is 45.1 Å². The third kappa shape index (κ3) is 8.22. The Balaban J connectivity index is 0.00000400. The summed E-state index contributed by atoms with van der Waals surface area (Å²) in [6.07, 6.45) is -1.56. The van der Waals surface area contributed by atoms with Gasteiger partial charge in [-0.05, 0) is 22.3 Å². The Morgan fingerprint density at radius 1 is 0.368 bits per heavy atom. The molecule has 0 aromatic heterocycles. The first-order valence-corrected chi connectivity index (χ1v) is 15.3. The molecule has 0 saturated heterocycles. The van der Waals surface area contributed by atoms with Gasteiger partial charge in [0.2, 0.25) is 0 Å². The van der Waals surface area contributed by atoms with Gasteiger partial charge in [0.15, 0.2) is 0 Å². The number of benzene rings is 4. The van der Waals surface area contributed by atoms with Gasteiger partial charge in [-0.1, -0.05) is 121 Å². The normalized spacial score (nSPS) is 15.9. The first kappa shape index (κ1) is 30.0. The Kier molecular flexibility index (Phi) is 11.5. The van der Waals surface area contributed by atoms with E-state index in [1.54, 1.807) is 0 Å². The van der Waals surface area contributed by atoms with Crippen molar-refractivity contribution in [3.63, 3.8) is 0 Å². The number of rotatable bonds is 12. The molecule has 0 aliphatic carbocycles. The van der Waals surface area contributed by atoms with E-state index in [2.05, 4.69) is 0 Å². The molecule has 0 aliphatic rings. The molecule has 38 heavy (non-hydrogen) atoms. The van der Waals surface area contributed by atoms with Crippen LogP contribution in [0.5, 0.6) is 0 Å². The molecule has 0 heterocycles. The van der Waals surface area contributed by atoms with Crippen LogP contribution in [-0.2, 0) is 0 Å². The maximum Gasteiger partial charge on any atom is 0.112 e. The summed E-state index contributed by atoms with van der Waals surface area (Å²) in [5, 5.41) is 45.6. The number of aliphatic hydroxyl groups excluding tert-OH is 4. The van der Waals surface area contributed by atoms with Gasteiger partial charge >= 0.3 is 0 Å². The Morgan fingerprint density at radius 2 is 0.553 bits per heavy atom. The molecule has 6 heteroatoms. The summed E-state index contributed by atoms with van der Waals surface area (Å²) in [7, 11) is -2.38. The largest absolute Gasteiger partial charge is 1.00 e. The van der Waals surface area contributed by atoms with Crippen molar-refractivity contribution in [3.05, 3.63) is 144 Å². The van der Waals surface area contributed by atoms with Crippen LogP contribution >= 0.6 is 7.26 Å². The van der Waals surface area contributed by atoms with Crippen LogP contribution in [0.4, 0.5) is 0 Å². The lowest BCUT2D eigenvalue weighted by Crippen LogP contribution is -3.00. The molecule has 0 saturated carbocycles.